The molecular formula is C10H13N3O. The lowest BCUT2D eigenvalue weighted by molar-refractivity contribution is 0.181. The summed E-state index contributed by atoms with van der Waals surface area (Å²) in [6.07, 6.45) is 9.28. The first-order valence-corrected chi connectivity index (χ1v) is 4.69. The topological polar surface area (TPSA) is 39.9 Å². The van der Waals surface area contributed by atoms with E-state index in [9.17, 15) is 0 Å². The molecule has 1 aliphatic rings. The maximum absolute atomic E-state index is 5.31. The van der Waals surface area contributed by atoms with Crippen LogP contribution in [0.3, 0.4) is 0 Å². The molecule has 1 aromatic rings. The largest absolute Gasteiger partial charge is 0.378 e. The van der Waals surface area contributed by atoms with E-state index in [4.69, 9.17) is 11.2 Å². The molecule has 14 heavy (non-hydrogen) atoms. The average Bonchev–Trinajstić information content (AvgIpc) is 2.52. The van der Waals surface area contributed by atoms with Crippen molar-refractivity contribution in [3.8, 4) is 12.3 Å². The van der Waals surface area contributed by atoms with Gasteiger partial charge in [-0.15, -0.1) is 17.4 Å². The van der Waals surface area contributed by atoms with Crippen LogP contribution in [-0.4, -0.2) is 22.1 Å². The molecule has 0 N–H and O–H groups in total. The van der Waals surface area contributed by atoms with Gasteiger partial charge in [-0.3, -0.25) is 0 Å². The highest BCUT2D eigenvalue weighted by molar-refractivity contribution is 5.03. The number of hydrogen-bond donors (Lipinski definition) is 0. The molecule has 4 nitrogen and oxygen atoms in total. The molecule has 1 heterocycles. The SMILES string of the molecule is C#CC1CC(n2cc(COC)nn2)C1. The summed E-state index contributed by atoms with van der Waals surface area (Å²) in [7, 11) is 1.65. The minimum absolute atomic E-state index is 0.426. The fourth-order valence-corrected chi connectivity index (χ4v) is 1.65. The minimum Gasteiger partial charge on any atom is -0.378 e. The predicted molar refractivity (Wildman–Crippen MR) is 51.3 cm³/mol. The van der Waals surface area contributed by atoms with E-state index in [1.54, 1.807) is 7.11 Å². The van der Waals surface area contributed by atoms with Gasteiger partial charge in [0, 0.05) is 13.0 Å². The van der Waals surface area contributed by atoms with Crippen LogP contribution in [0.4, 0.5) is 0 Å². The van der Waals surface area contributed by atoms with E-state index < -0.39 is 0 Å². The number of terminal acetylenes is 1. The molecule has 0 bridgehead atoms. The molecule has 0 spiro atoms. The summed E-state index contributed by atoms with van der Waals surface area (Å²) < 4.78 is 6.86. The van der Waals surface area contributed by atoms with Gasteiger partial charge in [0.15, 0.2) is 0 Å². The van der Waals surface area contributed by atoms with Gasteiger partial charge in [-0.1, -0.05) is 5.21 Å². The van der Waals surface area contributed by atoms with Crippen molar-refractivity contribution in [3.05, 3.63) is 11.9 Å². The lowest BCUT2D eigenvalue weighted by Gasteiger charge is -2.31. The van der Waals surface area contributed by atoms with Crippen molar-refractivity contribution in [2.45, 2.75) is 25.5 Å². The van der Waals surface area contributed by atoms with Gasteiger partial charge in [0.25, 0.3) is 0 Å². The van der Waals surface area contributed by atoms with E-state index in [1.165, 1.54) is 0 Å². The van der Waals surface area contributed by atoms with E-state index in [2.05, 4.69) is 16.2 Å². The fourth-order valence-electron chi connectivity index (χ4n) is 1.65. The first-order chi connectivity index (χ1) is 6.83. The van der Waals surface area contributed by atoms with E-state index in [-0.39, 0.29) is 0 Å². The Bertz CT molecular complexity index is 346. The Kier molecular flexibility index (Phi) is 2.51. The molecule has 0 aliphatic heterocycles. The molecular weight excluding hydrogens is 178 g/mol. The van der Waals surface area contributed by atoms with Crippen LogP contribution in [0.5, 0.6) is 0 Å². The van der Waals surface area contributed by atoms with E-state index in [1.807, 2.05) is 10.9 Å². The number of rotatable bonds is 3. The Morgan fingerprint density at radius 1 is 1.71 bits per heavy atom. The van der Waals surface area contributed by atoms with Crippen molar-refractivity contribution in [2.24, 2.45) is 5.92 Å². The molecule has 1 saturated carbocycles. The van der Waals surface area contributed by atoms with E-state index in [0.29, 0.717) is 18.6 Å². The zero-order valence-corrected chi connectivity index (χ0v) is 8.18. The average molecular weight is 191 g/mol. The molecule has 1 aromatic heterocycles. The Labute approximate surface area is 83.3 Å². The van der Waals surface area contributed by atoms with Crippen LogP contribution in [-0.2, 0) is 11.3 Å². The first-order valence-electron chi connectivity index (χ1n) is 4.69. The zero-order chi connectivity index (χ0) is 9.97. The molecule has 74 valence electrons. The number of hydrogen-bond acceptors (Lipinski definition) is 3. The van der Waals surface area contributed by atoms with Gasteiger partial charge in [-0.25, -0.2) is 4.68 Å². The summed E-state index contributed by atoms with van der Waals surface area (Å²) in [5.74, 6) is 3.17. The highest BCUT2D eigenvalue weighted by atomic mass is 16.5. The van der Waals surface area contributed by atoms with Crippen LogP contribution in [0.1, 0.15) is 24.6 Å². The molecule has 1 fully saturated rings. The van der Waals surface area contributed by atoms with Gasteiger partial charge in [0.2, 0.25) is 0 Å². The lowest BCUT2D eigenvalue weighted by Crippen LogP contribution is -2.26. The van der Waals surface area contributed by atoms with E-state index in [0.717, 1.165) is 18.5 Å². The Balaban J connectivity index is 1.95. The second kappa shape index (κ2) is 3.81. The van der Waals surface area contributed by atoms with Crippen molar-refractivity contribution >= 4 is 0 Å². The smallest absolute Gasteiger partial charge is 0.108 e. The van der Waals surface area contributed by atoms with Crippen molar-refractivity contribution in [1.82, 2.24) is 15.0 Å². The predicted octanol–water partition coefficient (Wildman–Crippen LogP) is 1.01. The summed E-state index contributed by atoms with van der Waals surface area (Å²) in [5, 5.41) is 8.04. The summed E-state index contributed by atoms with van der Waals surface area (Å²) >= 11 is 0. The van der Waals surface area contributed by atoms with Crippen LogP contribution in [0.2, 0.25) is 0 Å². The highest BCUT2D eigenvalue weighted by Gasteiger charge is 2.29. The molecule has 4 heteroatoms. The summed E-state index contributed by atoms with van der Waals surface area (Å²) in [5.41, 5.74) is 0.872. The molecule has 0 saturated heterocycles. The summed E-state index contributed by atoms with van der Waals surface area (Å²) in [6.45, 7) is 0.519. The van der Waals surface area contributed by atoms with Crippen molar-refractivity contribution < 1.29 is 4.74 Å². The molecule has 0 amide bonds. The lowest BCUT2D eigenvalue weighted by atomic mass is 9.81. The van der Waals surface area contributed by atoms with Gasteiger partial charge < -0.3 is 4.74 Å². The molecule has 0 atom stereocenters. The Morgan fingerprint density at radius 2 is 2.50 bits per heavy atom. The number of aromatic nitrogens is 3. The Hall–Kier alpha value is -1.34. The fraction of sp³-hybridized carbons (Fsp3) is 0.600. The second-order valence-electron chi connectivity index (χ2n) is 3.61. The molecule has 0 aromatic carbocycles. The highest BCUT2D eigenvalue weighted by Crippen LogP contribution is 2.36. The first kappa shape index (κ1) is 9.22. The molecule has 0 unspecified atom stereocenters. The monoisotopic (exact) mass is 191 g/mol. The van der Waals surface area contributed by atoms with Crippen LogP contribution >= 0.6 is 0 Å². The maximum Gasteiger partial charge on any atom is 0.108 e. The standard InChI is InChI=1S/C10H13N3O/c1-3-8-4-10(5-8)13-6-9(7-14-2)11-12-13/h1,6,8,10H,4-5,7H2,2H3. The second-order valence-corrected chi connectivity index (χ2v) is 3.61. The van der Waals surface area contributed by atoms with Crippen LogP contribution in [0, 0.1) is 18.3 Å². The van der Waals surface area contributed by atoms with Crippen molar-refractivity contribution in [1.29, 1.82) is 0 Å². The van der Waals surface area contributed by atoms with Crippen LogP contribution in [0.15, 0.2) is 6.20 Å². The van der Waals surface area contributed by atoms with Crippen LogP contribution in [0.25, 0.3) is 0 Å². The Morgan fingerprint density at radius 3 is 3.14 bits per heavy atom. The quantitative estimate of drug-likeness (QED) is 0.669. The van der Waals surface area contributed by atoms with Crippen molar-refractivity contribution in [2.75, 3.05) is 7.11 Å². The number of ether oxygens (including phenoxy) is 1. The number of nitrogens with zero attached hydrogens (tertiary/aromatic N) is 3. The normalized spacial score (nSPS) is 25.4. The summed E-state index contributed by atoms with van der Waals surface area (Å²) in [4.78, 5) is 0. The molecule has 1 aliphatic carbocycles. The van der Waals surface area contributed by atoms with Gasteiger partial charge in [-0.05, 0) is 12.8 Å². The van der Waals surface area contributed by atoms with Gasteiger partial charge in [0.05, 0.1) is 18.8 Å². The zero-order valence-electron chi connectivity index (χ0n) is 8.18. The molecule has 2 rings (SSSR count). The maximum atomic E-state index is 5.31. The number of methoxy groups -OCH3 is 1. The molecule has 0 radical (unpaired) electrons. The van der Waals surface area contributed by atoms with Crippen molar-refractivity contribution in [3.63, 3.8) is 0 Å². The third-order valence-corrected chi connectivity index (χ3v) is 2.57. The van der Waals surface area contributed by atoms with Gasteiger partial charge in [0.1, 0.15) is 5.69 Å². The third kappa shape index (κ3) is 1.64. The van der Waals surface area contributed by atoms with E-state index >= 15 is 0 Å². The third-order valence-electron chi connectivity index (χ3n) is 2.57. The minimum atomic E-state index is 0.426. The summed E-state index contributed by atoms with van der Waals surface area (Å²) in [6, 6.07) is 0.439. The van der Waals surface area contributed by atoms with Gasteiger partial charge in [-0.2, -0.15) is 0 Å². The van der Waals surface area contributed by atoms with Gasteiger partial charge >= 0.3 is 0 Å². The van der Waals surface area contributed by atoms with Crippen LogP contribution < -0.4 is 0 Å².